The third-order valence-electron chi connectivity index (χ3n) is 20.4. The molecule has 18 heteroatoms. The fourth-order valence-electron chi connectivity index (χ4n) is 13.7. The lowest BCUT2D eigenvalue weighted by Gasteiger charge is -2.18. The summed E-state index contributed by atoms with van der Waals surface area (Å²) in [5.41, 5.74) is 26.6. The van der Waals surface area contributed by atoms with Crippen LogP contribution in [0.1, 0.15) is 86.1 Å². The molecule has 0 amide bonds. The third kappa shape index (κ3) is 16.3. The van der Waals surface area contributed by atoms with Crippen molar-refractivity contribution in [1.82, 2.24) is 39.9 Å². The van der Waals surface area contributed by atoms with Gasteiger partial charge in [-0.2, -0.15) is 0 Å². The van der Waals surface area contributed by atoms with Crippen LogP contribution in [0.2, 0.25) is 0 Å². The van der Waals surface area contributed by atoms with E-state index in [-0.39, 0.29) is 10.8 Å². The molecule has 0 fully saturated rings. The van der Waals surface area contributed by atoms with Crippen LogP contribution in [-0.2, 0) is 10.8 Å². The van der Waals surface area contributed by atoms with Crippen molar-refractivity contribution in [3.63, 3.8) is 0 Å². The number of thiophene rings is 2. The maximum absolute atomic E-state index is 6.03. The van der Waals surface area contributed by atoms with E-state index >= 15 is 0 Å². The molecule has 0 radical (unpaired) electrons. The summed E-state index contributed by atoms with van der Waals surface area (Å²) < 4.78 is 47.2. The highest BCUT2D eigenvalue weighted by Gasteiger charge is 2.22. The number of hydrogen-bond donors (Lipinski definition) is 0. The molecule has 10 heterocycles. The van der Waals surface area contributed by atoms with Crippen LogP contribution in [-0.4, -0.2) is 39.9 Å². The average Bonchev–Trinajstić information content (AvgIpc) is 1.62. The molecular formula is C102H76N8O8S2. The Labute approximate surface area is 697 Å². The van der Waals surface area contributed by atoms with E-state index in [1.807, 2.05) is 232 Å². The van der Waals surface area contributed by atoms with E-state index in [4.69, 9.17) is 45.3 Å². The van der Waals surface area contributed by atoms with Gasteiger partial charge >= 0.3 is 0 Å². The molecule has 120 heavy (non-hydrogen) atoms. The average molecular weight is 1610 g/mol. The molecule has 16 nitrogen and oxygen atoms in total. The largest absolute Gasteiger partial charge is 0.436 e. The molecule has 0 bridgehead atoms. The molecule has 0 unspecified atom stereocenters. The summed E-state index contributed by atoms with van der Waals surface area (Å²) in [5, 5.41) is 0. The van der Waals surface area contributed by atoms with E-state index < -0.39 is 0 Å². The topological polar surface area (TPSA) is 208 Å². The number of oxazole rings is 8. The molecule has 22 aromatic rings. The molecule has 0 spiro atoms. The predicted octanol–water partition coefficient (Wildman–Crippen LogP) is 28.9. The van der Waals surface area contributed by atoms with Crippen molar-refractivity contribution in [3.05, 3.63) is 336 Å². The van der Waals surface area contributed by atoms with Gasteiger partial charge in [-0.25, -0.2) is 39.9 Å². The highest BCUT2D eigenvalue weighted by Crippen LogP contribution is 2.41. The van der Waals surface area contributed by atoms with Crippen molar-refractivity contribution in [1.29, 1.82) is 0 Å². The Balaban J connectivity index is 0.000000107. The van der Waals surface area contributed by atoms with Gasteiger partial charge in [0.05, 0.1) is 19.5 Å². The molecule has 0 saturated heterocycles. The van der Waals surface area contributed by atoms with Crippen molar-refractivity contribution in [2.45, 2.75) is 66.2 Å². The maximum Gasteiger partial charge on any atom is 0.237 e. The van der Waals surface area contributed by atoms with Crippen molar-refractivity contribution in [2.75, 3.05) is 0 Å². The summed E-state index contributed by atoms with van der Waals surface area (Å²) in [7, 11) is 0. The number of benzene rings is 12. The standard InChI is InChI=1S/C30H22N2O2.C28H18N2O2.C26H26N2O2S.C18H10N2O2S/c1-19-3-15-25-27(17-19)33-29(31-25)23-11-7-21(8-12-23)5-6-22-9-13-24(14-10-22)30-32-26-16-4-20(2)18-28(26)34-30;1-3-7-25-23(5-1)29-27(31-25)21-15-11-19(12-16-21)9-10-20-13-17-22(18-14-20)28-30-24-6-2-4-8-26(24)32-28;1-25(2,3)15-7-9-19-17(13-15)27-23(29-19)21-11-12-22(31-21)24-28-18-14-16(26(4,5)6)8-10-20(18)30-24;1-3-7-13-11(5-1)19-17(21-13)15-9-10-16(23-15)18-20-12-6-2-4-8-14(12)22-18/h3-18H,1-2H3;1-18H;7-14H,1-6H3;1-10H/b6-5+;10-9+;;. The molecule has 10 aromatic heterocycles. The van der Waals surface area contributed by atoms with Gasteiger partial charge in [0.2, 0.25) is 47.1 Å². The number of aromatic nitrogens is 8. The molecule has 12 aromatic carbocycles. The van der Waals surface area contributed by atoms with Crippen LogP contribution < -0.4 is 0 Å². The lowest BCUT2D eigenvalue weighted by molar-refractivity contribution is 0.589. The van der Waals surface area contributed by atoms with Gasteiger partial charge in [0.25, 0.3) is 0 Å². The first-order valence-corrected chi connectivity index (χ1v) is 41.0. The Morgan fingerprint density at radius 2 is 0.450 bits per heavy atom. The third-order valence-corrected chi connectivity index (χ3v) is 22.5. The van der Waals surface area contributed by atoms with Gasteiger partial charge in [-0.3, -0.25) is 0 Å². The minimum Gasteiger partial charge on any atom is -0.436 e. The highest BCUT2D eigenvalue weighted by atomic mass is 32.1. The minimum atomic E-state index is 0.0726. The fraction of sp³-hybridized carbons (Fsp3) is 0.0980. The van der Waals surface area contributed by atoms with E-state index in [9.17, 15) is 0 Å². The van der Waals surface area contributed by atoms with Crippen LogP contribution in [0.15, 0.2) is 327 Å². The molecule has 0 aliphatic heterocycles. The zero-order valence-electron chi connectivity index (χ0n) is 66.7. The molecule has 0 aliphatic rings. The Hall–Kier alpha value is -14.7. The molecule has 0 saturated carbocycles. The zero-order chi connectivity index (χ0) is 81.6. The van der Waals surface area contributed by atoms with Gasteiger partial charge < -0.3 is 35.3 Å². The Morgan fingerprint density at radius 3 is 0.725 bits per heavy atom. The summed E-state index contributed by atoms with van der Waals surface area (Å²) in [4.78, 5) is 40.7. The summed E-state index contributed by atoms with van der Waals surface area (Å²) in [6.45, 7) is 17.3. The second-order valence-electron chi connectivity index (χ2n) is 31.3. The molecule has 584 valence electrons. The van der Waals surface area contributed by atoms with Crippen LogP contribution in [0.5, 0.6) is 0 Å². The number of rotatable bonds is 12. The Kier molecular flexibility index (Phi) is 19.9. The lowest BCUT2D eigenvalue weighted by Crippen LogP contribution is -2.10. The Morgan fingerprint density at radius 1 is 0.217 bits per heavy atom. The fourth-order valence-corrected chi connectivity index (χ4v) is 15.4. The van der Waals surface area contributed by atoms with Crippen molar-refractivity contribution in [3.8, 4) is 88.9 Å². The number of aryl methyl sites for hydroxylation is 2. The first kappa shape index (κ1) is 75.3. The molecule has 0 aliphatic carbocycles. The predicted molar refractivity (Wildman–Crippen MR) is 483 cm³/mol. The second kappa shape index (κ2) is 31.7. The van der Waals surface area contributed by atoms with E-state index in [2.05, 4.69) is 169 Å². The van der Waals surface area contributed by atoms with Gasteiger partial charge in [0, 0.05) is 22.3 Å². The lowest BCUT2D eigenvalue weighted by atomic mass is 9.87. The molecule has 0 N–H and O–H groups in total. The smallest absolute Gasteiger partial charge is 0.237 e. The van der Waals surface area contributed by atoms with Gasteiger partial charge in [0.15, 0.2) is 44.7 Å². The first-order chi connectivity index (χ1) is 58.4. The summed E-state index contributed by atoms with van der Waals surface area (Å²) in [6, 6.07) is 96.5. The Bertz CT molecular complexity index is 6960. The SMILES string of the molecule is C(=C\c1ccc(-c2nc3ccccc3o2)cc1)/c1ccc(-c2nc3ccccc3o2)cc1.CC(C)(C)c1ccc2oc(-c3ccc(-c4nc5cc(C(C)(C)C)ccc5o4)s3)nc2c1.Cc1ccc2nc(-c3ccc(/C=C/c4ccc(-c5nc6ccc(C)cc6o5)cc4)cc3)oc2c1.c1ccc2oc(-c3ccc(-c4nc5ccccc5o4)s3)nc2c1. The second-order valence-corrected chi connectivity index (χ2v) is 33.5. The van der Waals surface area contributed by atoms with Crippen LogP contribution in [0.25, 0.3) is 202 Å². The van der Waals surface area contributed by atoms with Crippen molar-refractivity contribution >= 4 is 136 Å². The minimum absolute atomic E-state index is 0.0726. The van der Waals surface area contributed by atoms with E-state index in [0.717, 1.165) is 164 Å². The van der Waals surface area contributed by atoms with E-state index in [1.54, 1.807) is 22.7 Å². The van der Waals surface area contributed by atoms with Gasteiger partial charge in [-0.15, -0.1) is 22.7 Å². The van der Waals surface area contributed by atoms with Crippen LogP contribution in [0.4, 0.5) is 0 Å². The first-order valence-electron chi connectivity index (χ1n) is 39.3. The summed E-state index contributed by atoms with van der Waals surface area (Å²) in [5.74, 6) is 5.05. The summed E-state index contributed by atoms with van der Waals surface area (Å²) in [6.07, 6.45) is 8.36. The number of para-hydroxylation sites is 8. The van der Waals surface area contributed by atoms with Crippen LogP contribution in [0.3, 0.4) is 0 Å². The van der Waals surface area contributed by atoms with E-state index in [0.29, 0.717) is 47.1 Å². The number of fused-ring (bicyclic) bond motifs is 8. The van der Waals surface area contributed by atoms with Gasteiger partial charge in [-0.1, -0.05) is 187 Å². The zero-order valence-corrected chi connectivity index (χ0v) is 68.3. The number of hydrogen-bond acceptors (Lipinski definition) is 18. The van der Waals surface area contributed by atoms with Gasteiger partial charge in [0.1, 0.15) is 44.1 Å². The molecular weight excluding hydrogens is 1530 g/mol. The molecule has 0 atom stereocenters. The van der Waals surface area contributed by atoms with Gasteiger partial charge in [-0.05, 0) is 239 Å². The van der Waals surface area contributed by atoms with Crippen LogP contribution >= 0.6 is 22.7 Å². The molecule has 22 rings (SSSR count). The van der Waals surface area contributed by atoms with Crippen LogP contribution in [0, 0.1) is 13.8 Å². The monoisotopic (exact) mass is 1600 g/mol. The quantitative estimate of drug-likeness (QED) is 0.104. The number of nitrogens with zero attached hydrogens (tertiary/aromatic N) is 8. The maximum atomic E-state index is 6.03. The van der Waals surface area contributed by atoms with E-state index in [1.165, 1.54) is 11.1 Å². The van der Waals surface area contributed by atoms with Crippen molar-refractivity contribution in [2.24, 2.45) is 0 Å². The van der Waals surface area contributed by atoms with Crippen molar-refractivity contribution < 1.29 is 35.3 Å². The highest BCUT2D eigenvalue weighted by molar-refractivity contribution is 7.19. The summed E-state index contributed by atoms with van der Waals surface area (Å²) >= 11 is 3.13. The normalized spacial score (nSPS) is 11.9.